The van der Waals surface area contributed by atoms with E-state index >= 15 is 0 Å². The molecule has 1 aromatic carbocycles. The van der Waals surface area contributed by atoms with Crippen molar-refractivity contribution in [2.75, 3.05) is 17.7 Å². The molecule has 10 nitrogen and oxygen atoms in total. The molecule has 0 saturated carbocycles. The number of imidazole rings is 1. The van der Waals surface area contributed by atoms with Gasteiger partial charge in [-0.05, 0) is 51.8 Å². The van der Waals surface area contributed by atoms with E-state index in [9.17, 15) is 14.4 Å². The number of aromatic nitrogens is 2. The van der Waals surface area contributed by atoms with Gasteiger partial charge < -0.3 is 25.1 Å². The molecule has 2 aromatic rings. The van der Waals surface area contributed by atoms with Gasteiger partial charge in [-0.15, -0.1) is 0 Å². The smallest absolute Gasteiger partial charge is 0.411 e. The summed E-state index contributed by atoms with van der Waals surface area (Å²) in [7, 11) is 1.27. The third-order valence-corrected chi connectivity index (χ3v) is 4.71. The molecule has 0 aliphatic carbocycles. The Kier molecular flexibility index (Phi) is 7.37. The van der Waals surface area contributed by atoms with E-state index in [1.807, 2.05) is 12.2 Å². The highest BCUT2D eigenvalue weighted by Gasteiger charge is 2.23. The Labute approximate surface area is 192 Å². The molecule has 2 heterocycles. The zero-order chi connectivity index (χ0) is 24.0. The number of carbonyl (C=O) groups is 3. The molecule has 0 saturated heterocycles. The van der Waals surface area contributed by atoms with Crippen LogP contribution < -0.4 is 16.0 Å². The SMILES string of the molecule is COC(=O)Nc1ccc2c(c1)NC(=O)CCC=CCC(NC(=O)OC(C)(C)C)c1ncc-2[nH]1. The second kappa shape index (κ2) is 10.2. The summed E-state index contributed by atoms with van der Waals surface area (Å²) in [6, 6.07) is 4.65. The number of hydrogen-bond donors (Lipinski definition) is 4. The number of hydrogen-bond acceptors (Lipinski definition) is 6. The Balaban J connectivity index is 1.95. The number of nitrogens with one attached hydrogen (secondary N) is 4. The van der Waals surface area contributed by atoms with Crippen LogP contribution in [0, 0.1) is 0 Å². The summed E-state index contributed by atoms with van der Waals surface area (Å²) in [5.41, 5.74) is 1.67. The summed E-state index contributed by atoms with van der Waals surface area (Å²) in [5.74, 6) is 0.382. The Morgan fingerprint density at radius 3 is 2.70 bits per heavy atom. The lowest BCUT2D eigenvalue weighted by molar-refractivity contribution is -0.116. The van der Waals surface area contributed by atoms with Crippen LogP contribution in [-0.2, 0) is 14.3 Å². The number of benzene rings is 1. The van der Waals surface area contributed by atoms with Crippen LogP contribution in [0.3, 0.4) is 0 Å². The van der Waals surface area contributed by atoms with E-state index < -0.39 is 23.8 Å². The molecule has 0 fully saturated rings. The van der Waals surface area contributed by atoms with Crippen molar-refractivity contribution in [1.29, 1.82) is 0 Å². The van der Waals surface area contributed by atoms with E-state index in [2.05, 4.69) is 30.7 Å². The molecule has 1 atom stereocenters. The number of nitrogens with zero attached hydrogens (tertiary/aromatic N) is 1. The van der Waals surface area contributed by atoms with Crippen LogP contribution in [0.25, 0.3) is 11.3 Å². The molecular weight excluding hydrogens is 426 g/mol. The fourth-order valence-corrected chi connectivity index (χ4v) is 3.25. The van der Waals surface area contributed by atoms with Gasteiger partial charge in [0.1, 0.15) is 11.4 Å². The molecule has 2 bridgehead atoms. The number of carbonyl (C=O) groups excluding carboxylic acids is 3. The minimum Gasteiger partial charge on any atom is -0.453 e. The van der Waals surface area contributed by atoms with E-state index in [-0.39, 0.29) is 12.3 Å². The van der Waals surface area contributed by atoms with Crippen LogP contribution in [0.4, 0.5) is 21.0 Å². The molecular formula is C23H29N5O5. The highest BCUT2D eigenvalue weighted by Crippen LogP contribution is 2.31. The van der Waals surface area contributed by atoms with Gasteiger partial charge in [-0.1, -0.05) is 12.2 Å². The van der Waals surface area contributed by atoms with E-state index in [1.54, 1.807) is 45.2 Å². The number of fused-ring (bicyclic) bond motifs is 4. The first-order valence-corrected chi connectivity index (χ1v) is 10.6. The minimum absolute atomic E-state index is 0.168. The lowest BCUT2D eigenvalue weighted by Crippen LogP contribution is -2.35. The fourth-order valence-electron chi connectivity index (χ4n) is 3.25. The minimum atomic E-state index is -0.627. The quantitative estimate of drug-likeness (QED) is 0.493. The van der Waals surface area contributed by atoms with Crippen LogP contribution in [0.1, 0.15) is 51.9 Å². The Bertz CT molecular complexity index is 1050. The van der Waals surface area contributed by atoms with Crippen molar-refractivity contribution >= 4 is 29.5 Å². The maximum atomic E-state index is 12.5. The molecule has 4 N–H and O–H groups in total. The topological polar surface area (TPSA) is 134 Å². The number of alkyl carbamates (subject to hydrolysis) is 1. The van der Waals surface area contributed by atoms with Gasteiger partial charge in [0.25, 0.3) is 0 Å². The largest absolute Gasteiger partial charge is 0.453 e. The average Bonchev–Trinajstić information content (AvgIpc) is 3.21. The van der Waals surface area contributed by atoms with Gasteiger partial charge in [-0.25, -0.2) is 14.6 Å². The maximum absolute atomic E-state index is 12.5. The standard InChI is InChI=1S/C23H29N5O5/c1-23(2,3)33-22(31)28-16-8-6-5-7-9-19(29)26-17-12-14(25-21(30)32-4)10-11-15(17)18-13-24-20(16)27-18/h5-6,10-13,16H,7-9H2,1-4H3,(H,24,27)(H,25,30)(H,26,29)(H,28,31). The summed E-state index contributed by atoms with van der Waals surface area (Å²) in [6.45, 7) is 5.39. The molecule has 176 valence electrons. The van der Waals surface area contributed by atoms with Crippen molar-refractivity contribution in [2.45, 2.75) is 51.7 Å². The van der Waals surface area contributed by atoms with Crippen molar-refractivity contribution in [3.8, 4) is 11.3 Å². The zero-order valence-corrected chi connectivity index (χ0v) is 19.2. The summed E-state index contributed by atoms with van der Waals surface area (Å²) < 4.78 is 10.0. The number of anilines is 2. The Morgan fingerprint density at radius 1 is 1.18 bits per heavy atom. The van der Waals surface area contributed by atoms with Crippen molar-refractivity contribution in [1.82, 2.24) is 15.3 Å². The summed E-state index contributed by atoms with van der Waals surface area (Å²) in [5, 5.41) is 8.34. The van der Waals surface area contributed by atoms with Crippen LogP contribution in [0.2, 0.25) is 0 Å². The third kappa shape index (κ3) is 6.83. The van der Waals surface area contributed by atoms with Gasteiger partial charge in [0.2, 0.25) is 5.91 Å². The first-order chi connectivity index (χ1) is 15.6. The van der Waals surface area contributed by atoms with Gasteiger partial charge in [0.05, 0.1) is 30.7 Å². The highest BCUT2D eigenvalue weighted by molar-refractivity contribution is 5.97. The van der Waals surface area contributed by atoms with Crippen LogP contribution >= 0.6 is 0 Å². The summed E-state index contributed by atoms with van der Waals surface area (Å²) >= 11 is 0. The molecule has 3 amide bonds. The number of rotatable bonds is 2. The lowest BCUT2D eigenvalue weighted by atomic mass is 10.1. The van der Waals surface area contributed by atoms with Crippen molar-refractivity contribution < 1.29 is 23.9 Å². The molecule has 3 rings (SSSR count). The molecule has 33 heavy (non-hydrogen) atoms. The average molecular weight is 456 g/mol. The number of amides is 3. The second-order valence-electron chi connectivity index (χ2n) is 8.55. The molecule has 1 unspecified atom stereocenters. The van der Waals surface area contributed by atoms with E-state index in [4.69, 9.17) is 4.74 Å². The van der Waals surface area contributed by atoms with Crippen molar-refractivity contribution in [3.05, 3.63) is 42.4 Å². The second-order valence-corrected chi connectivity index (χ2v) is 8.55. The maximum Gasteiger partial charge on any atom is 0.411 e. The van der Waals surface area contributed by atoms with Gasteiger partial charge >= 0.3 is 12.2 Å². The number of aromatic amines is 1. The Morgan fingerprint density at radius 2 is 1.97 bits per heavy atom. The number of H-pyrrole nitrogens is 1. The zero-order valence-electron chi connectivity index (χ0n) is 19.2. The number of ether oxygens (including phenoxy) is 2. The van der Waals surface area contributed by atoms with Gasteiger partial charge in [0, 0.05) is 17.7 Å². The molecule has 0 radical (unpaired) electrons. The molecule has 1 aliphatic rings. The monoisotopic (exact) mass is 455 g/mol. The third-order valence-electron chi connectivity index (χ3n) is 4.71. The van der Waals surface area contributed by atoms with Crippen LogP contribution in [0.15, 0.2) is 36.5 Å². The van der Waals surface area contributed by atoms with Crippen LogP contribution in [0.5, 0.6) is 0 Å². The first kappa shape index (κ1) is 23.8. The van der Waals surface area contributed by atoms with E-state index in [1.165, 1.54) is 7.11 Å². The normalized spacial score (nSPS) is 16.2. The van der Waals surface area contributed by atoms with Gasteiger partial charge in [-0.2, -0.15) is 0 Å². The number of methoxy groups -OCH3 is 1. The molecule has 1 aromatic heterocycles. The highest BCUT2D eigenvalue weighted by atomic mass is 16.6. The predicted molar refractivity (Wildman–Crippen MR) is 124 cm³/mol. The van der Waals surface area contributed by atoms with Crippen molar-refractivity contribution in [3.63, 3.8) is 0 Å². The molecule has 10 heteroatoms. The van der Waals surface area contributed by atoms with Crippen molar-refractivity contribution in [2.24, 2.45) is 0 Å². The number of allylic oxidation sites excluding steroid dienone is 1. The van der Waals surface area contributed by atoms with Gasteiger partial charge in [-0.3, -0.25) is 10.1 Å². The van der Waals surface area contributed by atoms with Crippen LogP contribution in [-0.4, -0.2) is 40.8 Å². The predicted octanol–water partition coefficient (Wildman–Crippen LogP) is 4.50. The van der Waals surface area contributed by atoms with Gasteiger partial charge in [0.15, 0.2) is 0 Å². The fraction of sp³-hybridized carbons (Fsp3) is 0.391. The molecule has 0 spiro atoms. The van der Waals surface area contributed by atoms with E-state index in [0.29, 0.717) is 41.3 Å². The summed E-state index contributed by atoms with van der Waals surface area (Å²) in [4.78, 5) is 44.1. The first-order valence-electron chi connectivity index (χ1n) is 10.6. The Hall–Kier alpha value is -3.82. The summed E-state index contributed by atoms with van der Waals surface area (Å²) in [6.07, 6.45) is 5.55. The van der Waals surface area contributed by atoms with E-state index in [0.717, 1.165) is 0 Å². The molecule has 1 aliphatic heterocycles. The lowest BCUT2D eigenvalue weighted by Gasteiger charge is -2.22.